The summed E-state index contributed by atoms with van der Waals surface area (Å²) in [7, 11) is 0. The highest BCUT2D eigenvalue weighted by atomic mass is 79.9. The summed E-state index contributed by atoms with van der Waals surface area (Å²) in [5.41, 5.74) is 3.77. The number of aromatic hydroxyl groups is 1. The molecule has 0 saturated heterocycles. The Morgan fingerprint density at radius 1 is 0.929 bits per heavy atom. The maximum absolute atomic E-state index is 10.4. The second-order valence-electron chi connectivity index (χ2n) is 6.66. The zero-order valence-electron chi connectivity index (χ0n) is 14.7. The van der Waals surface area contributed by atoms with Crippen LogP contribution in [0, 0.1) is 0 Å². The molecule has 6 heteroatoms. The Balaban J connectivity index is 1.76. The summed E-state index contributed by atoms with van der Waals surface area (Å²) < 4.78 is 1.01. The molecular formula is C22H17BrCl2N2O. The minimum absolute atomic E-state index is 0.129. The number of hydrogen-bond acceptors (Lipinski definition) is 3. The Hall–Kier alpha value is -1.85. The van der Waals surface area contributed by atoms with Gasteiger partial charge in [-0.25, -0.2) is 0 Å². The molecule has 28 heavy (non-hydrogen) atoms. The van der Waals surface area contributed by atoms with Crippen molar-refractivity contribution in [2.45, 2.75) is 18.6 Å². The number of nitrogens with zero attached hydrogens (tertiary/aromatic N) is 1. The van der Waals surface area contributed by atoms with E-state index in [1.54, 1.807) is 18.2 Å². The fourth-order valence-corrected chi connectivity index (χ4v) is 3.91. The van der Waals surface area contributed by atoms with Gasteiger partial charge in [-0.15, -0.1) is 0 Å². The largest absolute Gasteiger partial charge is 0.508 e. The highest BCUT2D eigenvalue weighted by Gasteiger charge is 2.27. The van der Waals surface area contributed by atoms with Gasteiger partial charge in [0.25, 0.3) is 0 Å². The molecule has 3 aromatic carbocycles. The molecule has 0 amide bonds. The molecular weight excluding hydrogens is 459 g/mol. The zero-order valence-corrected chi connectivity index (χ0v) is 17.8. The Kier molecular flexibility index (Phi) is 5.74. The lowest BCUT2D eigenvalue weighted by Crippen LogP contribution is -2.33. The lowest BCUT2D eigenvalue weighted by molar-refractivity contribution is 0.412. The minimum atomic E-state index is -0.240. The molecule has 0 unspecified atom stereocenters. The average molecular weight is 476 g/mol. The molecule has 1 heterocycles. The SMILES string of the molecule is Oc1ccc(Cl)cc1[C@H]1CC(c2ccc(Cl)cc2)=N[C@@H](c2ccc(Br)cc2)N1. The van der Waals surface area contributed by atoms with Gasteiger partial charge in [-0.3, -0.25) is 10.3 Å². The van der Waals surface area contributed by atoms with Crippen molar-refractivity contribution in [3.05, 3.63) is 97.9 Å². The predicted molar refractivity (Wildman–Crippen MR) is 118 cm³/mol. The Bertz CT molecular complexity index is 1020. The van der Waals surface area contributed by atoms with Crippen molar-refractivity contribution in [1.29, 1.82) is 0 Å². The number of hydrogen-bond donors (Lipinski definition) is 2. The molecule has 0 saturated carbocycles. The van der Waals surface area contributed by atoms with Crippen molar-refractivity contribution >= 4 is 44.8 Å². The molecule has 142 valence electrons. The zero-order chi connectivity index (χ0) is 19.7. The Morgan fingerprint density at radius 3 is 2.32 bits per heavy atom. The van der Waals surface area contributed by atoms with Gasteiger partial charge in [0.2, 0.25) is 0 Å². The normalized spacial score (nSPS) is 19.3. The van der Waals surface area contributed by atoms with E-state index in [1.165, 1.54) is 0 Å². The molecule has 3 aromatic rings. The van der Waals surface area contributed by atoms with Crippen molar-refractivity contribution in [3.8, 4) is 5.75 Å². The first-order chi connectivity index (χ1) is 13.5. The third-order valence-electron chi connectivity index (χ3n) is 4.77. The Morgan fingerprint density at radius 2 is 1.61 bits per heavy atom. The maximum atomic E-state index is 10.4. The van der Waals surface area contributed by atoms with Gasteiger partial charge < -0.3 is 5.11 Å². The monoisotopic (exact) mass is 474 g/mol. The van der Waals surface area contributed by atoms with E-state index in [1.807, 2.05) is 48.5 Å². The topological polar surface area (TPSA) is 44.6 Å². The molecule has 4 rings (SSSR count). The van der Waals surface area contributed by atoms with Crippen molar-refractivity contribution < 1.29 is 5.11 Å². The van der Waals surface area contributed by atoms with Crippen LogP contribution in [0.1, 0.15) is 35.3 Å². The van der Waals surface area contributed by atoms with Crippen LogP contribution in [0.15, 0.2) is 76.2 Å². The summed E-state index contributed by atoms with van der Waals surface area (Å²) in [6.45, 7) is 0. The van der Waals surface area contributed by atoms with Crippen molar-refractivity contribution in [2.75, 3.05) is 0 Å². The van der Waals surface area contributed by atoms with Crippen LogP contribution in [-0.2, 0) is 0 Å². The van der Waals surface area contributed by atoms with E-state index >= 15 is 0 Å². The van der Waals surface area contributed by atoms with Crippen LogP contribution in [0.5, 0.6) is 5.75 Å². The number of rotatable bonds is 3. The first-order valence-corrected chi connectivity index (χ1v) is 10.4. The second-order valence-corrected chi connectivity index (χ2v) is 8.45. The fourth-order valence-electron chi connectivity index (χ4n) is 3.34. The first kappa shape index (κ1) is 19.5. The van der Waals surface area contributed by atoms with E-state index in [4.69, 9.17) is 28.2 Å². The summed E-state index contributed by atoms with van der Waals surface area (Å²) in [5.74, 6) is 0.216. The third kappa shape index (κ3) is 4.26. The van der Waals surface area contributed by atoms with Gasteiger partial charge in [-0.05, 0) is 53.6 Å². The lowest BCUT2D eigenvalue weighted by Gasteiger charge is -2.31. The standard InChI is InChI=1S/C22H17BrCl2N2O/c23-15-5-1-14(2-6-15)22-26-19(13-3-7-16(24)8-4-13)12-20(27-22)18-11-17(25)9-10-21(18)28/h1-11,20,22,27-28H,12H2/t20-,22-/m1/s1. The van der Waals surface area contributed by atoms with Crippen LogP contribution in [0.2, 0.25) is 10.0 Å². The van der Waals surface area contributed by atoms with E-state index in [9.17, 15) is 5.11 Å². The van der Waals surface area contributed by atoms with E-state index < -0.39 is 0 Å². The Labute approximate surface area is 182 Å². The number of aliphatic imine (C=N–C) groups is 1. The molecule has 1 aliphatic heterocycles. The number of phenolic OH excluding ortho intramolecular Hbond substituents is 1. The van der Waals surface area contributed by atoms with E-state index in [0.29, 0.717) is 16.5 Å². The van der Waals surface area contributed by atoms with Gasteiger partial charge in [0.05, 0.1) is 0 Å². The summed E-state index contributed by atoms with van der Waals surface area (Å²) in [6.07, 6.45) is 0.388. The fraction of sp³-hybridized carbons (Fsp3) is 0.136. The minimum Gasteiger partial charge on any atom is -0.508 e. The number of nitrogens with one attached hydrogen (secondary N) is 1. The summed E-state index contributed by atoms with van der Waals surface area (Å²) in [4.78, 5) is 4.94. The maximum Gasteiger partial charge on any atom is 0.126 e. The van der Waals surface area contributed by atoms with Gasteiger partial charge in [0.1, 0.15) is 11.9 Å². The van der Waals surface area contributed by atoms with E-state index in [2.05, 4.69) is 21.2 Å². The molecule has 0 fully saturated rings. The molecule has 0 radical (unpaired) electrons. The van der Waals surface area contributed by atoms with Crippen molar-refractivity contribution in [2.24, 2.45) is 4.99 Å². The summed E-state index contributed by atoms with van der Waals surface area (Å²) >= 11 is 15.7. The van der Waals surface area contributed by atoms with Gasteiger partial charge in [-0.1, -0.05) is 63.4 Å². The number of halogens is 3. The van der Waals surface area contributed by atoms with Crippen molar-refractivity contribution in [1.82, 2.24) is 5.32 Å². The van der Waals surface area contributed by atoms with Gasteiger partial charge in [0.15, 0.2) is 0 Å². The smallest absolute Gasteiger partial charge is 0.126 e. The molecule has 2 atom stereocenters. The molecule has 0 spiro atoms. The lowest BCUT2D eigenvalue weighted by atomic mass is 9.93. The van der Waals surface area contributed by atoms with Crippen LogP contribution >= 0.6 is 39.1 Å². The van der Waals surface area contributed by atoms with Crippen LogP contribution in [0.4, 0.5) is 0 Å². The predicted octanol–water partition coefficient (Wildman–Crippen LogP) is 6.68. The van der Waals surface area contributed by atoms with Crippen molar-refractivity contribution in [3.63, 3.8) is 0 Å². The summed E-state index contributed by atoms with van der Waals surface area (Å²) in [6, 6.07) is 20.7. The number of phenols is 1. The molecule has 0 aromatic heterocycles. The average Bonchev–Trinajstić information content (AvgIpc) is 2.70. The highest BCUT2D eigenvalue weighted by molar-refractivity contribution is 9.10. The molecule has 0 aliphatic carbocycles. The van der Waals surface area contributed by atoms with Crippen LogP contribution in [0.3, 0.4) is 0 Å². The molecule has 3 nitrogen and oxygen atoms in total. The van der Waals surface area contributed by atoms with Gasteiger partial charge in [-0.2, -0.15) is 0 Å². The van der Waals surface area contributed by atoms with Gasteiger partial charge >= 0.3 is 0 Å². The van der Waals surface area contributed by atoms with E-state index in [-0.39, 0.29) is 18.0 Å². The third-order valence-corrected chi connectivity index (χ3v) is 5.79. The second kappa shape index (κ2) is 8.26. The van der Waals surface area contributed by atoms with E-state index in [0.717, 1.165) is 26.9 Å². The summed E-state index contributed by atoms with van der Waals surface area (Å²) in [5, 5.41) is 15.2. The molecule has 0 bridgehead atoms. The quantitative estimate of drug-likeness (QED) is 0.443. The molecule has 2 N–H and O–H groups in total. The highest BCUT2D eigenvalue weighted by Crippen LogP contribution is 2.36. The van der Waals surface area contributed by atoms with Crippen LogP contribution in [0.25, 0.3) is 0 Å². The van der Waals surface area contributed by atoms with Crippen LogP contribution < -0.4 is 5.32 Å². The number of benzene rings is 3. The molecule has 1 aliphatic rings. The first-order valence-electron chi connectivity index (χ1n) is 8.82. The van der Waals surface area contributed by atoms with Crippen LogP contribution in [-0.4, -0.2) is 10.8 Å². The van der Waals surface area contributed by atoms with Gasteiger partial charge in [0, 0.05) is 38.3 Å².